The maximum atomic E-state index is 11.7. The molecule has 0 aromatic heterocycles. The minimum atomic E-state index is -0.360. The largest absolute Gasteiger partial charge is 0.449 e. The molecule has 0 saturated heterocycles. The second kappa shape index (κ2) is 4.01. The van der Waals surface area contributed by atoms with Crippen molar-refractivity contribution in [3.8, 4) is 6.07 Å². The van der Waals surface area contributed by atoms with Crippen molar-refractivity contribution in [2.24, 2.45) is 0 Å². The fraction of sp³-hybridized carbons (Fsp3) is 0.0667. The Morgan fingerprint density at radius 2 is 1.78 bits per heavy atom. The molecule has 0 saturated carbocycles. The molecule has 1 aliphatic rings. The van der Waals surface area contributed by atoms with E-state index in [1.54, 1.807) is 18.2 Å². The third kappa shape index (κ3) is 1.56. The molecule has 0 amide bonds. The van der Waals surface area contributed by atoms with Crippen molar-refractivity contribution >= 4 is 5.97 Å². The molecule has 0 fully saturated rings. The predicted molar refractivity (Wildman–Crippen MR) is 64.9 cm³/mol. The number of carbonyl (C=O) groups excluding carboxylic acids is 1. The van der Waals surface area contributed by atoms with Gasteiger partial charge in [0, 0.05) is 5.56 Å². The summed E-state index contributed by atoms with van der Waals surface area (Å²) in [6.45, 7) is 0. The Labute approximate surface area is 104 Å². The summed E-state index contributed by atoms with van der Waals surface area (Å²) in [5.41, 5.74) is 2.97. The second-order valence-corrected chi connectivity index (χ2v) is 4.11. The van der Waals surface area contributed by atoms with Crippen LogP contribution in [0.2, 0.25) is 0 Å². The number of hydrogen-bond acceptors (Lipinski definition) is 3. The summed E-state index contributed by atoms with van der Waals surface area (Å²) in [7, 11) is 0. The topological polar surface area (TPSA) is 50.1 Å². The Kier molecular flexibility index (Phi) is 2.35. The molecule has 0 spiro atoms. The van der Waals surface area contributed by atoms with Crippen LogP contribution in [0.1, 0.15) is 33.2 Å². The minimum absolute atomic E-state index is 0.292. The van der Waals surface area contributed by atoms with Crippen LogP contribution in [-0.4, -0.2) is 5.97 Å². The summed E-state index contributed by atoms with van der Waals surface area (Å²) in [6, 6.07) is 16.5. The molecule has 2 aromatic rings. The van der Waals surface area contributed by atoms with Gasteiger partial charge in [0.25, 0.3) is 0 Å². The molecule has 0 N–H and O–H groups in total. The molecule has 3 heteroatoms. The van der Waals surface area contributed by atoms with Gasteiger partial charge in [-0.3, -0.25) is 0 Å². The number of hydrogen-bond donors (Lipinski definition) is 0. The zero-order valence-electron chi connectivity index (χ0n) is 9.46. The van der Waals surface area contributed by atoms with Crippen LogP contribution in [0.15, 0.2) is 48.5 Å². The molecule has 0 radical (unpaired) electrons. The molecular formula is C15H9NO2. The van der Waals surface area contributed by atoms with E-state index in [2.05, 4.69) is 6.07 Å². The lowest BCUT2D eigenvalue weighted by atomic mass is 9.99. The first-order chi connectivity index (χ1) is 8.79. The molecular weight excluding hydrogens is 226 g/mol. The normalized spacial score (nSPS) is 16.8. The number of esters is 1. The molecule has 1 heterocycles. The van der Waals surface area contributed by atoms with Gasteiger partial charge in [-0.05, 0) is 23.8 Å². The molecule has 3 rings (SSSR count). The zero-order valence-corrected chi connectivity index (χ0v) is 9.46. The van der Waals surface area contributed by atoms with Gasteiger partial charge < -0.3 is 4.74 Å². The van der Waals surface area contributed by atoms with Crippen LogP contribution >= 0.6 is 0 Å². The van der Waals surface area contributed by atoms with Crippen LogP contribution < -0.4 is 0 Å². The summed E-state index contributed by atoms with van der Waals surface area (Å²) in [4.78, 5) is 11.7. The number of rotatable bonds is 1. The Morgan fingerprint density at radius 1 is 1.06 bits per heavy atom. The summed E-state index contributed by atoms with van der Waals surface area (Å²) in [6.07, 6.45) is -0.360. The minimum Gasteiger partial charge on any atom is -0.449 e. The van der Waals surface area contributed by atoms with E-state index in [0.29, 0.717) is 11.1 Å². The van der Waals surface area contributed by atoms with E-state index >= 15 is 0 Å². The van der Waals surface area contributed by atoms with Gasteiger partial charge in [0.2, 0.25) is 0 Å². The average Bonchev–Trinajstić information content (AvgIpc) is 2.77. The third-order valence-electron chi connectivity index (χ3n) is 3.03. The van der Waals surface area contributed by atoms with Gasteiger partial charge in [0.05, 0.1) is 17.2 Å². The molecule has 0 bridgehead atoms. The van der Waals surface area contributed by atoms with Gasteiger partial charge in [-0.15, -0.1) is 0 Å². The fourth-order valence-electron chi connectivity index (χ4n) is 2.13. The lowest BCUT2D eigenvalue weighted by molar-refractivity contribution is 0.0456. The molecule has 1 atom stereocenters. The van der Waals surface area contributed by atoms with Crippen molar-refractivity contribution in [3.63, 3.8) is 0 Å². The standard InChI is InChI=1S/C15H9NO2/c16-9-10-5-7-11(8-6-10)14-12-3-1-2-4-13(12)15(17)18-14/h1-8,14H. The summed E-state index contributed by atoms with van der Waals surface area (Å²) in [5.74, 6) is -0.292. The average molecular weight is 235 g/mol. The van der Waals surface area contributed by atoms with Gasteiger partial charge in [-0.25, -0.2) is 4.79 Å². The van der Waals surface area contributed by atoms with E-state index in [4.69, 9.17) is 10.00 Å². The van der Waals surface area contributed by atoms with Gasteiger partial charge in [-0.2, -0.15) is 5.26 Å². The molecule has 1 unspecified atom stereocenters. The van der Waals surface area contributed by atoms with E-state index in [1.165, 1.54) is 0 Å². The van der Waals surface area contributed by atoms with Crippen LogP contribution in [0.4, 0.5) is 0 Å². The van der Waals surface area contributed by atoms with Crippen molar-refractivity contribution in [1.29, 1.82) is 5.26 Å². The summed E-state index contributed by atoms with van der Waals surface area (Å²) in [5, 5.41) is 8.76. The number of carbonyl (C=O) groups is 1. The van der Waals surface area contributed by atoms with E-state index in [1.807, 2.05) is 30.3 Å². The quantitative estimate of drug-likeness (QED) is 0.714. The van der Waals surface area contributed by atoms with Crippen molar-refractivity contribution in [1.82, 2.24) is 0 Å². The first kappa shape index (κ1) is 10.5. The van der Waals surface area contributed by atoms with Crippen LogP contribution in [0, 0.1) is 11.3 Å². The monoisotopic (exact) mass is 235 g/mol. The lowest BCUT2D eigenvalue weighted by Crippen LogP contribution is -2.00. The Balaban J connectivity index is 2.04. The first-order valence-electron chi connectivity index (χ1n) is 5.59. The van der Waals surface area contributed by atoms with Gasteiger partial charge in [0.1, 0.15) is 0 Å². The van der Waals surface area contributed by atoms with Gasteiger partial charge >= 0.3 is 5.97 Å². The van der Waals surface area contributed by atoms with Crippen LogP contribution in [0.25, 0.3) is 0 Å². The number of nitriles is 1. The zero-order chi connectivity index (χ0) is 12.5. The lowest BCUT2D eigenvalue weighted by Gasteiger charge is -2.10. The van der Waals surface area contributed by atoms with Gasteiger partial charge in [-0.1, -0.05) is 30.3 Å². The smallest absolute Gasteiger partial charge is 0.339 e. The molecule has 1 aliphatic heterocycles. The number of cyclic esters (lactones) is 1. The van der Waals surface area contributed by atoms with E-state index < -0.39 is 0 Å². The van der Waals surface area contributed by atoms with Gasteiger partial charge in [0.15, 0.2) is 6.10 Å². The number of benzene rings is 2. The van der Waals surface area contributed by atoms with E-state index in [-0.39, 0.29) is 12.1 Å². The van der Waals surface area contributed by atoms with Crippen LogP contribution in [0.3, 0.4) is 0 Å². The van der Waals surface area contributed by atoms with E-state index in [9.17, 15) is 4.79 Å². The molecule has 18 heavy (non-hydrogen) atoms. The Morgan fingerprint density at radius 3 is 2.50 bits per heavy atom. The Bertz CT molecular complexity index is 653. The number of fused-ring (bicyclic) bond motifs is 1. The third-order valence-corrected chi connectivity index (χ3v) is 3.03. The predicted octanol–water partition coefficient (Wildman–Crippen LogP) is 2.82. The van der Waals surface area contributed by atoms with Crippen molar-refractivity contribution in [3.05, 3.63) is 70.8 Å². The SMILES string of the molecule is N#Cc1ccc(C2OC(=O)c3ccccc32)cc1. The van der Waals surface area contributed by atoms with Crippen LogP contribution in [0.5, 0.6) is 0 Å². The first-order valence-corrected chi connectivity index (χ1v) is 5.59. The fourth-order valence-corrected chi connectivity index (χ4v) is 2.13. The molecule has 2 aromatic carbocycles. The molecule has 86 valence electrons. The van der Waals surface area contributed by atoms with Crippen molar-refractivity contribution < 1.29 is 9.53 Å². The maximum Gasteiger partial charge on any atom is 0.339 e. The van der Waals surface area contributed by atoms with Crippen LogP contribution in [-0.2, 0) is 4.74 Å². The second-order valence-electron chi connectivity index (χ2n) is 4.11. The maximum absolute atomic E-state index is 11.7. The highest BCUT2D eigenvalue weighted by Crippen LogP contribution is 2.35. The summed E-state index contributed by atoms with van der Waals surface area (Å²) >= 11 is 0. The highest BCUT2D eigenvalue weighted by Gasteiger charge is 2.31. The molecule has 0 aliphatic carbocycles. The summed E-state index contributed by atoms with van der Waals surface area (Å²) < 4.78 is 5.37. The van der Waals surface area contributed by atoms with Crippen molar-refractivity contribution in [2.45, 2.75) is 6.10 Å². The van der Waals surface area contributed by atoms with Crippen molar-refractivity contribution in [2.75, 3.05) is 0 Å². The number of ether oxygens (including phenoxy) is 1. The highest BCUT2D eigenvalue weighted by atomic mass is 16.5. The Hall–Kier alpha value is -2.60. The highest BCUT2D eigenvalue weighted by molar-refractivity contribution is 5.94. The van der Waals surface area contributed by atoms with E-state index in [0.717, 1.165) is 11.1 Å². The molecule has 3 nitrogen and oxygen atoms in total. The number of nitrogens with zero attached hydrogens (tertiary/aromatic N) is 1.